The predicted octanol–water partition coefficient (Wildman–Crippen LogP) is 1.29. The smallest absolute Gasteiger partial charge is 0.340 e. The Morgan fingerprint density at radius 3 is 2.67 bits per heavy atom. The molecule has 0 unspecified atom stereocenters. The van der Waals surface area contributed by atoms with Crippen LogP contribution < -0.4 is 5.69 Å². The number of H-pyrrole nitrogens is 2. The summed E-state index contributed by atoms with van der Waals surface area (Å²) in [5, 5.41) is 6.42. The molecule has 0 aliphatic carbocycles. The molecule has 140 valence electrons. The first-order valence-electron chi connectivity index (χ1n) is 9.14. The van der Waals surface area contributed by atoms with Crippen molar-refractivity contribution in [3.63, 3.8) is 0 Å². The maximum absolute atomic E-state index is 12.7. The summed E-state index contributed by atoms with van der Waals surface area (Å²) in [6, 6.07) is 10.1. The Kier molecular flexibility index (Phi) is 4.86. The van der Waals surface area contributed by atoms with Gasteiger partial charge in [-0.2, -0.15) is 5.10 Å². The number of hydrogen-bond donors (Lipinski definition) is 2. The first-order valence-corrected chi connectivity index (χ1v) is 9.14. The lowest BCUT2D eigenvalue weighted by molar-refractivity contribution is -0.131. The lowest BCUT2D eigenvalue weighted by atomic mass is 9.96. The summed E-state index contributed by atoms with van der Waals surface area (Å²) in [5.74, 6) is 0.989. The van der Waals surface area contributed by atoms with Crippen LogP contribution in [0.25, 0.3) is 0 Å². The van der Waals surface area contributed by atoms with Crippen LogP contribution in [0.5, 0.6) is 0 Å². The molecule has 1 aromatic carbocycles. The highest BCUT2D eigenvalue weighted by Gasteiger charge is 2.26. The van der Waals surface area contributed by atoms with Crippen LogP contribution in [0.15, 0.2) is 47.7 Å². The number of nitrogens with zero attached hydrogens (tertiary/aromatic N) is 4. The number of amides is 1. The van der Waals surface area contributed by atoms with Crippen LogP contribution in [0.2, 0.25) is 0 Å². The maximum atomic E-state index is 12.7. The van der Waals surface area contributed by atoms with Gasteiger partial charge in [0.15, 0.2) is 0 Å². The molecule has 1 fully saturated rings. The van der Waals surface area contributed by atoms with Gasteiger partial charge in [0.1, 0.15) is 5.82 Å². The third-order valence-electron chi connectivity index (χ3n) is 5.08. The van der Waals surface area contributed by atoms with E-state index in [9.17, 15) is 9.59 Å². The van der Waals surface area contributed by atoms with Crippen LogP contribution in [-0.2, 0) is 17.8 Å². The van der Waals surface area contributed by atoms with Crippen LogP contribution in [0.3, 0.4) is 0 Å². The van der Waals surface area contributed by atoms with E-state index < -0.39 is 0 Å². The molecule has 8 nitrogen and oxygen atoms in total. The van der Waals surface area contributed by atoms with Crippen molar-refractivity contribution in [2.45, 2.75) is 31.7 Å². The number of nitrogens with one attached hydrogen (secondary N) is 2. The molecule has 0 spiro atoms. The second kappa shape index (κ2) is 7.61. The van der Waals surface area contributed by atoms with Crippen LogP contribution in [0, 0.1) is 0 Å². The lowest BCUT2D eigenvalue weighted by Crippen LogP contribution is -2.39. The molecule has 3 heterocycles. The summed E-state index contributed by atoms with van der Waals surface area (Å²) in [6.45, 7) is 2.05. The molecule has 8 heteroatoms. The number of piperidine rings is 1. The SMILES string of the molecule is O=C(Cc1cncn1Cc1ccccc1)N1CCC(c2n[nH]c(=O)[nH]2)CC1. The Labute approximate surface area is 156 Å². The molecule has 1 aliphatic rings. The Morgan fingerprint density at radius 2 is 1.96 bits per heavy atom. The molecule has 1 amide bonds. The molecule has 0 radical (unpaired) electrons. The molecule has 0 atom stereocenters. The number of hydrogen-bond acceptors (Lipinski definition) is 4. The number of likely N-dealkylation sites (tertiary alicyclic amines) is 1. The van der Waals surface area contributed by atoms with Crippen LogP contribution in [0.1, 0.15) is 35.8 Å². The second-order valence-corrected chi connectivity index (χ2v) is 6.89. The van der Waals surface area contributed by atoms with E-state index in [0.717, 1.165) is 18.5 Å². The van der Waals surface area contributed by atoms with E-state index in [1.54, 1.807) is 12.5 Å². The molecule has 27 heavy (non-hydrogen) atoms. The first kappa shape index (κ1) is 17.3. The zero-order valence-electron chi connectivity index (χ0n) is 15.0. The van der Waals surface area contributed by atoms with E-state index in [1.807, 2.05) is 27.7 Å². The number of carbonyl (C=O) groups excluding carboxylic acids is 1. The van der Waals surface area contributed by atoms with E-state index in [1.165, 1.54) is 5.56 Å². The van der Waals surface area contributed by atoms with Crippen molar-refractivity contribution in [2.24, 2.45) is 0 Å². The molecule has 1 aliphatic heterocycles. The fraction of sp³-hybridized carbons (Fsp3) is 0.368. The summed E-state index contributed by atoms with van der Waals surface area (Å²) in [4.78, 5) is 32.7. The van der Waals surface area contributed by atoms with Gasteiger partial charge in [0.2, 0.25) is 5.91 Å². The van der Waals surface area contributed by atoms with Crippen LogP contribution in [-0.4, -0.2) is 48.6 Å². The number of imidazole rings is 1. The van der Waals surface area contributed by atoms with Crippen molar-refractivity contribution >= 4 is 5.91 Å². The highest BCUT2D eigenvalue weighted by Crippen LogP contribution is 2.25. The van der Waals surface area contributed by atoms with E-state index in [4.69, 9.17) is 0 Å². The topological polar surface area (TPSA) is 99.7 Å². The molecule has 2 N–H and O–H groups in total. The molecular formula is C19H22N6O2. The minimum atomic E-state index is -0.282. The van der Waals surface area contributed by atoms with Gasteiger partial charge < -0.3 is 9.47 Å². The normalized spacial score (nSPS) is 15.2. The maximum Gasteiger partial charge on any atom is 0.340 e. The number of benzene rings is 1. The fourth-order valence-electron chi connectivity index (χ4n) is 3.56. The van der Waals surface area contributed by atoms with Crippen molar-refractivity contribution in [3.8, 4) is 0 Å². The third-order valence-corrected chi connectivity index (χ3v) is 5.08. The standard InChI is InChI=1S/C19H22N6O2/c26-17(24-8-6-15(7-9-24)18-21-19(27)23-22-18)10-16-11-20-13-25(16)12-14-4-2-1-3-5-14/h1-5,11,13,15H,6-10,12H2,(H2,21,22,23,27). The molecular weight excluding hydrogens is 344 g/mol. The van der Waals surface area contributed by atoms with E-state index >= 15 is 0 Å². The minimum absolute atomic E-state index is 0.110. The van der Waals surface area contributed by atoms with Crippen molar-refractivity contribution in [1.82, 2.24) is 29.6 Å². The summed E-state index contributed by atoms with van der Waals surface area (Å²) in [7, 11) is 0. The number of rotatable bonds is 5. The molecule has 0 bridgehead atoms. The highest BCUT2D eigenvalue weighted by atomic mass is 16.2. The first-order chi connectivity index (χ1) is 13.2. The van der Waals surface area contributed by atoms with E-state index in [0.29, 0.717) is 31.9 Å². The molecule has 2 aromatic heterocycles. The van der Waals surface area contributed by atoms with Gasteiger partial charge in [0.25, 0.3) is 0 Å². The Balaban J connectivity index is 1.35. The minimum Gasteiger partial charge on any atom is -0.342 e. The van der Waals surface area contributed by atoms with Gasteiger partial charge in [-0.15, -0.1) is 0 Å². The van der Waals surface area contributed by atoms with Gasteiger partial charge in [-0.3, -0.25) is 9.78 Å². The Morgan fingerprint density at radius 1 is 1.19 bits per heavy atom. The average molecular weight is 366 g/mol. The summed E-state index contributed by atoms with van der Waals surface area (Å²) in [6.07, 6.45) is 5.49. The van der Waals surface area contributed by atoms with E-state index in [2.05, 4.69) is 32.3 Å². The summed E-state index contributed by atoms with van der Waals surface area (Å²) >= 11 is 0. The predicted molar refractivity (Wildman–Crippen MR) is 99.2 cm³/mol. The molecule has 0 saturated carbocycles. The lowest BCUT2D eigenvalue weighted by Gasteiger charge is -2.31. The van der Waals surface area contributed by atoms with Gasteiger partial charge in [-0.25, -0.2) is 14.9 Å². The number of aromatic nitrogens is 5. The van der Waals surface area contributed by atoms with Crippen LogP contribution in [0.4, 0.5) is 0 Å². The zero-order chi connectivity index (χ0) is 18.6. The summed E-state index contributed by atoms with van der Waals surface area (Å²) < 4.78 is 2.02. The van der Waals surface area contributed by atoms with Crippen molar-refractivity contribution in [3.05, 3.63) is 70.4 Å². The third kappa shape index (κ3) is 3.99. The second-order valence-electron chi connectivity index (χ2n) is 6.89. The van der Waals surface area contributed by atoms with Gasteiger partial charge in [0.05, 0.1) is 12.7 Å². The van der Waals surface area contributed by atoms with Gasteiger partial charge in [0, 0.05) is 37.4 Å². The Hall–Kier alpha value is -3.16. The van der Waals surface area contributed by atoms with Crippen molar-refractivity contribution in [2.75, 3.05) is 13.1 Å². The molecule has 1 saturated heterocycles. The molecule has 3 aromatic rings. The largest absolute Gasteiger partial charge is 0.342 e. The van der Waals surface area contributed by atoms with Crippen LogP contribution >= 0.6 is 0 Å². The number of aromatic amines is 2. The monoisotopic (exact) mass is 366 g/mol. The van der Waals surface area contributed by atoms with Crippen molar-refractivity contribution in [1.29, 1.82) is 0 Å². The van der Waals surface area contributed by atoms with E-state index in [-0.39, 0.29) is 17.5 Å². The van der Waals surface area contributed by atoms with Gasteiger partial charge in [-0.1, -0.05) is 30.3 Å². The van der Waals surface area contributed by atoms with Gasteiger partial charge in [-0.05, 0) is 18.4 Å². The number of carbonyl (C=O) groups is 1. The zero-order valence-corrected chi connectivity index (χ0v) is 15.0. The Bertz CT molecular complexity index is 950. The quantitative estimate of drug-likeness (QED) is 0.711. The molecule has 4 rings (SSSR count). The fourth-order valence-corrected chi connectivity index (χ4v) is 3.56. The van der Waals surface area contributed by atoms with Gasteiger partial charge >= 0.3 is 5.69 Å². The highest BCUT2D eigenvalue weighted by molar-refractivity contribution is 5.78. The average Bonchev–Trinajstić information content (AvgIpc) is 3.32. The van der Waals surface area contributed by atoms with Crippen molar-refractivity contribution < 1.29 is 4.79 Å². The summed E-state index contributed by atoms with van der Waals surface area (Å²) in [5.41, 5.74) is 1.82.